The van der Waals surface area contributed by atoms with E-state index in [9.17, 15) is 4.79 Å². The van der Waals surface area contributed by atoms with Crippen LogP contribution in [-0.4, -0.2) is 15.2 Å². The smallest absolute Gasteiger partial charge is 0.272 e. The molecule has 0 saturated carbocycles. The van der Waals surface area contributed by atoms with Gasteiger partial charge in [-0.3, -0.25) is 4.79 Å². The van der Waals surface area contributed by atoms with Gasteiger partial charge in [0.25, 0.3) is 5.56 Å². The van der Waals surface area contributed by atoms with Gasteiger partial charge < -0.3 is 4.98 Å². The molecule has 0 aliphatic carbocycles. The molecule has 0 radical (unpaired) electrons. The third-order valence-electron chi connectivity index (χ3n) is 3.81. The Morgan fingerprint density at radius 2 is 1.62 bits per heavy atom. The first-order valence-electron chi connectivity index (χ1n) is 6.84. The second kappa shape index (κ2) is 4.59. The molecule has 0 aliphatic heterocycles. The van der Waals surface area contributed by atoms with Gasteiger partial charge in [0.15, 0.2) is 0 Å². The van der Waals surface area contributed by atoms with E-state index in [-0.39, 0.29) is 5.56 Å². The molecule has 0 saturated heterocycles. The van der Waals surface area contributed by atoms with Crippen molar-refractivity contribution < 1.29 is 0 Å². The fourth-order valence-electron chi connectivity index (χ4n) is 2.76. The monoisotopic (exact) mass is 275 g/mol. The maximum absolute atomic E-state index is 11.8. The van der Waals surface area contributed by atoms with Gasteiger partial charge in [0, 0.05) is 28.9 Å². The first kappa shape index (κ1) is 11.9. The van der Waals surface area contributed by atoms with E-state index in [2.05, 4.69) is 27.3 Å². The molecule has 2 heterocycles. The lowest BCUT2D eigenvalue weighted by Crippen LogP contribution is -2.11. The number of H-pyrrole nitrogens is 2. The Bertz CT molecular complexity index is 997. The van der Waals surface area contributed by atoms with Gasteiger partial charge >= 0.3 is 0 Å². The minimum Gasteiger partial charge on any atom is -0.361 e. The summed E-state index contributed by atoms with van der Waals surface area (Å²) < 4.78 is 0. The zero-order valence-corrected chi connectivity index (χ0v) is 11.3. The van der Waals surface area contributed by atoms with E-state index in [1.807, 2.05) is 42.6 Å². The molecule has 102 valence electrons. The minimum absolute atomic E-state index is 0.145. The van der Waals surface area contributed by atoms with Crippen molar-refractivity contribution >= 4 is 21.7 Å². The number of rotatable bonds is 2. The number of hydrogen-bond donors (Lipinski definition) is 2. The molecule has 4 rings (SSSR count). The Balaban J connectivity index is 1.88. The van der Waals surface area contributed by atoms with Crippen LogP contribution in [0, 0.1) is 0 Å². The van der Waals surface area contributed by atoms with Crippen LogP contribution < -0.4 is 5.56 Å². The number of nitrogens with one attached hydrogen (secondary N) is 2. The van der Waals surface area contributed by atoms with Crippen LogP contribution in [0.25, 0.3) is 21.7 Å². The zero-order chi connectivity index (χ0) is 14.2. The molecule has 4 heteroatoms. The standard InChI is InChI=1S/C17H13N3O/c21-17-14-7-2-1-6-13(14)16(19-20-17)9-11-10-18-15-8-4-3-5-12(11)15/h1-8,10,18H,9H2,(H,20,21). The number of fused-ring (bicyclic) bond motifs is 2. The molecule has 2 N–H and O–H groups in total. The maximum Gasteiger partial charge on any atom is 0.272 e. The highest BCUT2D eigenvalue weighted by Gasteiger charge is 2.09. The Labute approximate surface area is 120 Å². The number of hydrogen-bond acceptors (Lipinski definition) is 2. The Morgan fingerprint density at radius 3 is 2.48 bits per heavy atom. The van der Waals surface area contributed by atoms with Crippen LogP contribution >= 0.6 is 0 Å². The molecule has 0 unspecified atom stereocenters. The average molecular weight is 275 g/mol. The summed E-state index contributed by atoms with van der Waals surface area (Å²) in [5.74, 6) is 0. The molecule has 21 heavy (non-hydrogen) atoms. The lowest BCUT2D eigenvalue weighted by Gasteiger charge is -2.04. The Kier molecular flexibility index (Phi) is 2.60. The fourth-order valence-corrected chi connectivity index (χ4v) is 2.76. The maximum atomic E-state index is 11.8. The van der Waals surface area contributed by atoms with Crippen LogP contribution in [0.2, 0.25) is 0 Å². The van der Waals surface area contributed by atoms with Crippen LogP contribution in [0.4, 0.5) is 0 Å². The van der Waals surface area contributed by atoms with Crippen molar-refractivity contribution in [1.29, 1.82) is 0 Å². The van der Waals surface area contributed by atoms with Crippen molar-refractivity contribution in [3.63, 3.8) is 0 Å². The number of aromatic amines is 2. The molecule has 0 spiro atoms. The summed E-state index contributed by atoms with van der Waals surface area (Å²) in [7, 11) is 0. The Hall–Kier alpha value is -2.88. The normalized spacial score (nSPS) is 11.2. The summed E-state index contributed by atoms with van der Waals surface area (Å²) in [6.07, 6.45) is 2.69. The van der Waals surface area contributed by atoms with Gasteiger partial charge in [-0.2, -0.15) is 5.10 Å². The van der Waals surface area contributed by atoms with Gasteiger partial charge in [0.05, 0.1) is 11.1 Å². The molecule has 2 aromatic heterocycles. The third kappa shape index (κ3) is 1.92. The highest BCUT2D eigenvalue weighted by molar-refractivity contribution is 5.86. The lowest BCUT2D eigenvalue weighted by molar-refractivity contribution is 0.936. The van der Waals surface area contributed by atoms with E-state index in [4.69, 9.17) is 0 Å². The van der Waals surface area contributed by atoms with Gasteiger partial charge in [-0.15, -0.1) is 0 Å². The van der Waals surface area contributed by atoms with Gasteiger partial charge in [0.2, 0.25) is 0 Å². The number of nitrogens with zero attached hydrogens (tertiary/aromatic N) is 1. The van der Waals surface area contributed by atoms with Crippen molar-refractivity contribution in [2.45, 2.75) is 6.42 Å². The first-order valence-corrected chi connectivity index (χ1v) is 6.84. The SMILES string of the molecule is O=c1[nH]nc(Cc2c[nH]c3ccccc23)c2ccccc12. The van der Waals surface area contributed by atoms with Crippen LogP contribution in [0.1, 0.15) is 11.3 Å². The van der Waals surface area contributed by atoms with E-state index in [0.717, 1.165) is 16.6 Å². The second-order valence-electron chi connectivity index (χ2n) is 5.08. The van der Waals surface area contributed by atoms with Crippen molar-refractivity contribution in [3.05, 3.63) is 76.3 Å². The molecule has 0 amide bonds. The quantitative estimate of drug-likeness (QED) is 0.590. The van der Waals surface area contributed by atoms with E-state index in [1.165, 1.54) is 10.9 Å². The van der Waals surface area contributed by atoms with Gasteiger partial charge in [-0.05, 0) is 17.7 Å². The number of aromatic nitrogens is 3. The third-order valence-corrected chi connectivity index (χ3v) is 3.81. The van der Waals surface area contributed by atoms with Crippen LogP contribution in [-0.2, 0) is 6.42 Å². The van der Waals surface area contributed by atoms with Crippen molar-refractivity contribution in [2.24, 2.45) is 0 Å². The lowest BCUT2D eigenvalue weighted by atomic mass is 10.0. The summed E-state index contributed by atoms with van der Waals surface area (Å²) in [6, 6.07) is 15.8. The summed E-state index contributed by atoms with van der Waals surface area (Å²) in [5.41, 5.74) is 3.03. The first-order chi connectivity index (χ1) is 10.3. The Morgan fingerprint density at radius 1 is 0.905 bits per heavy atom. The molecule has 4 aromatic rings. The predicted octanol–water partition coefficient (Wildman–Crippen LogP) is 3.00. The second-order valence-corrected chi connectivity index (χ2v) is 5.08. The molecular weight excluding hydrogens is 262 g/mol. The summed E-state index contributed by atoms with van der Waals surface area (Å²) in [5, 5.41) is 9.61. The average Bonchev–Trinajstić information content (AvgIpc) is 2.94. The summed E-state index contributed by atoms with van der Waals surface area (Å²) in [4.78, 5) is 15.1. The van der Waals surface area contributed by atoms with Crippen LogP contribution in [0.3, 0.4) is 0 Å². The van der Waals surface area contributed by atoms with Crippen molar-refractivity contribution in [1.82, 2.24) is 15.2 Å². The minimum atomic E-state index is -0.145. The van der Waals surface area contributed by atoms with Gasteiger partial charge in [-0.1, -0.05) is 36.4 Å². The van der Waals surface area contributed by atoms with E-state index >= 15 is 0 Å². The summed E-state index contributed by atoms with van der Waals surface area (Å²) in [6.45, 7) is 0. The highest BCUT2D eigenvalue weighted by Crippen LogP contribution is 2.22. The fraction of sp³-hybridized carbons (Fsp3) is 0.0588. The molecule has 4 nitrogen and oxygen atoms in total. The van der Waals surface area contributed by atoms with Crippen molar-refractivity contribution in [3.8, 4) is 0 Å². The molecule has 0 bridgehead atoms. The van der Waals surface area contributed by atoms with E-state index in [1.54, 1.807) is 0 Å². The molecule has 0 aliphatic rings. The van der Waals surface area contributed by atoms with Crippen LogP contribution in [0.5, 0.6) is 0 Å². The topological polar surface area (TPSA) is 61.5 Å². The van der Waals surface area contributed by atoms with E-state index in [0.29, 0.717) is 11.8 Å². The van der Waals surface area contributed by atoms with Crippen LogP contribution in [0.15, 0.2) is 59.5 Å². The zero-order valence-electron chi connectivity index (χ0n) is 11.3. The highest BCUT2D eigenvalue weighted by atomic mass is 16.1. The summed E-state index contributed by atoms with van der Waals surface area (Å²) >= 11 is 0. The van der Waals surface area contributed by atoms with E-state index < -0.39 is 0 Å². The largest absolute Gasteiger partial charge is 0.361 e. The predicted molar refractivity (Wildman–Crippen MR) is 83.5 cm³/mol. The van der Waals surface area contributed by atoms with Gasteiger partial charge in [0.1, 0.15) is 0 Å². The van der Waals surface area contributed by atoms with Crippen molar-refractivity contribution in [2.75, 3.05) is 0 Å². The number of benzene rings is 2. The van der Waals surface area contributed by atoms with Gasteiger partial charge in [-0.25, -0.2) is 5.10 Å². The molecule has 0 fully saturated rings. The molecule has 0 atom stereocenters. The molecule has 2 aromatic carbocycles. The number of para-hydroxylation sites is 1. The molecular formula is C17H13N3O.